The predicted octanol–water partition coefficient (Wildman–Crippen LogP) is 3.25. The number of ether oxygens (including phenoxy) is 1. The van der Waals surface area contributed by atoms with Crippen LogP contribution in [0.15, 0.2) is 18.2 Å². The lowest BCUT2D eigenvalue weighted by molar-refractivity contribution is -0.122. The molecule has 1 saturated heterocycles. The first kappa shape index (κ1) is 20.8. The molecule has 24 heavy (non-hydrogen) atoms. The number of carbonyl (C=O) groups is 1. The molecule has 0 spiro atoms. The Bertz CT molecular complexity index is 496. The normalized spacial score (nSPS) is 18.4. The molecule has 1 fully saturated rings. The Hall–Kier alpha value is -1.26. The summed E-state index contributed by atoms with van der Waals surface area (Å²) in [6.07, 6.45) is 3.06. The summed E-state index contributed by atoms with van der Waals surface area (Å²) >= 11 is 0. The first-order valence-electron chi connectivity index (χ1n) is 8.73. The zero-order chi connectivity index (χ0) is 16.7. The predicted molar refractivity (Wildman–Crippen MR) is 101 cm³/mol. The van der Waals surface area contributed by atoms with Crippen molar-refractivity contribution >= 4 is 18.3 Å². The molecule has 1 heterocycles. The van der Waals surface area contributed by atoms with Crippen LogP contribution in [0.25, 0.3) is 0 Å². The Morgan fingerprint density at radius 2 is 2.04 bits per heavy atom. The van der Waals surface area contributed by atoms with E-state index in [1.165, 1.54) is 24.0 Å². The largest absolute Gasteiger partial charge is 0.492 e. The van der Waals surface area contributed by atoms with Crippen LogP contribution >= 0.6 is 12.4 Å². The van der Waals surface area contributed by atoms with Crippen molar-refractivity contribution in [2.75, 3.05) is 26.2 Å². The van der Waals surface area contributed by atoms with Gasteiger partial charge in [0, 0.05) is 6.42 Å². The molecule has 1 aromatic carbocycles. The van der Waals surface area contributed by atoms with Gasteiger partial charge < -0.3 is 15.4 Å². The van der Waals surface area contributed by atoms with Gasteiger partial charge in [0.2, 0.25) is 5.91 Å². The molecule has 1 aromatic rings. The van der Waals surface area contributed by atoms with Gasteiger partial charge in [0.1, 0.15) is 12.4 Å². The molecule has 2 atom stereocenters. The second-order valence-corrected chi connectivity index (χ2v) is 6.81. The number of hydrogen-bond acceptors (Lipinski definition) is 3. The van der Waals surface area contributed by atoms with Crippen molar-refractivity contribution in [3.05, 3.63) is 29.3 Å². The Morgan fingerprint density at radius 3 is 2.67 bits per heavy atom. The van der Waals surface area contributed by atoms with Gasteiger partial charge in [0.15, 0.2) is 0 Å². The third-order valence-corrected chi connectivity index (χ3v) is 4.54. The number of rotatable bonds is 7. The van der Waals surface area contributed by atoms with Crippen LogP contribution in [0.4, 0.5) is 0 Å². The van der Waals surface area contributed by atoms with Gasteiger partial charge in [-0.25, -0.2) is 0 Å². The quantitative estimate of drug-likeness (QED) is 0.739. The minimum atomic E-state index is 0. The lowest BCUT2D eigenvalue weighted by Gasteiger charge is -2.28. The minimum absolute atomic E-state index is 0. The monoisotopic (exact) mass is 354 g/mol. The number of halogens is 1. The van der Waals surface area contributed by atoms with Crippen LogP contribution in [0.5, 0.6) is 5.75 Å². The standard InChI is InChI=1S/C19H30N2O2.ClH/c1-14-9-15(2)11-18(10-14)23-8-7-21-19(22)12-16(3)17-5-4-6-20-13-17;/h9-11,16-17,20H,4-8,12-13H2,1-3H3,(H,21,22);1H. The third kappa shape index (κ3) is 7.10. The SMILES string of the molecule is Cc1cc(C)cc(OCCNC(=O)CC(C)C2CCCNC2)c1.Cl. The summed E-state index contributed by atoms with van der Waals surface area (Å²) in [4.78, 5) is 12.0. The maximum atomic E-state index is 12.0. The van der Waals surface area contributed by atoms with Crippen LogP contribution in [0.1, 0.15) is 37.3 Å². The maximum Gasteiger partial charge on any atom is 0.220 e. The van der Waals surface area contributed by atoms with E-state index in [2.05, 4.69) is 37.5 Å². The first-order chi connectivity index (χ1) is 11.0. The topological polar surface area (TPSA) is 50.4 Å². The van der Waals surface area contributed by atoms with E-state index in [1.54, 1.807) is 0 Å². The van der Waals surface area contributed by atoms with Gasteiger partial charge in [-0.05, 0) is 74.9 Å². The summed E-state index contributed by atoms with van der Waals surface area (Å²) in [5, 5.41) is 6.38. The van der Waals surface area contributed by atoms with Crippen molar-refractivity contribution in [1.29, 1.82) is 0 Å². The molecule has 2 rings (SSSR count). The Kier molecular flexibility index (Phi) is 9.16. The van der Waals surface area contributed by atoms with Crippen LogP contribution in [-0.4, -0.2) is 32.1 Å². The van der Waals surface area contributed by atoms with E-state index in [0.29, 0.717) is 31.4 Å². The number of carbonyl (C=O) groups excluding carboxylic acids is 1. The zero-order valence-corrected chi connectivity index (χ0v) is 15.9. The van der Waals surface area contributed by atoms with Gasteiger partial charge in [-0.2, -0.15) is 0 Å². The Labute approximate surface area is 152 Å². The summed E-state index contributed by atoms with van der Waals surface area (Å²) in [6, 6.07) is 6.16. The highest BCUT2D eigenvalue weighted by molar-refractivity contribution is 5.85. The second kappa shape index (κ2) is 10.6. The summed E-state index contributed by atoms with van der Waals surface area (Å²) in [6.45, 7) is 9.53. The molecule has 1 amide bonds. The van der Waals surface area contributed by atoms with Gasteiger partial charge in [0.05, 0.1) is 6.54 Å². The van der Waals surface area contributed by atoms with Gasteiger partial charge in [-0.15, -0.1) is 12.4 Å². The average molecular weight is 355 g/mol. The Balaban J connectivity index is 0.00000288. The van der Waals surface area contributed by atoms with E-state index < -0.39 is 0 Å². The fourth-order valence-corrected chi connectivity index (χ4v) is 3.27. The molecule has 5 heteroatoms. The van der Waals surface area contributed by atoms with Crippen molar-refractivity contribution < 1.29 is 9.53 Å². The summed E-state index contributed by atoms with van der Waals surface area (Å²) in [5.41, 5.74) is 2.39. The van der Waals surface area contributed by atoms with Gasteiger partial charge in [-0.1, -0.05) is 13.0 Å². The van der Waals surface area contributed by atoms with Gasteiger partial charge >= 0.3 is 0 Å². The summed E-state index contributed by atoms with van der Waals surface area (Å²) in [5.74, 6) is 2.06. The van der Waals surface area contributed by atoms with Crippen LogP contribution < -0.4 is 15.4 Å². The van der Waals surface area contributed by atoms with Crippen LogP contribution in [0.3, 0.4) is 0 Å². The molecule has 2 N–H and O–H groups in total. The van der Waals surface area contributed by atoms with Crippen LogP contribution in [0, 0.1) is 25.7 Å². The molecular weight excluding hydrogens is 324 g/mol. The van der Waals surface area contributed by atoms with E-state index in [0.717, 1.165) is 18.8 Å². The van der Waals surface area contributed by atoms with E-state index in [1.807, 2.05) is 12.1 Å². The molecule has 136 valence electrons. The lowest BCUT2D eigenvalue weighted by Crippen LogP contribution is -2.36. The van der Waals surface area contributed by atoms with E-state index >= 15 is 0 Å². The van der Waals surface area contributed by atoms with Crippen LogP contribution in [0.2, 0.25) is 0 Å². The van der Waals surface area contributed by atoms with Gasteiger partial charge in [0.25, 0.3) is 0 Å². The fourth-order valence-electron chi connectivity index (χ4n) is 3.27. The molecule has 2 unspecified atom stereocenters. The van der Waals surface area contributed by atoms with Crippen molar-refractivity contribution in [3.8, 4) is 5.75 Å². The van der Waals surface area contributed by atoms with Crippen LogP contribution in [-0.2, 0) is 4.79 Å². The molecule has 1 aliphatic heterocycles. The molecule has 0 aromatic heterocycles. The molecule has 0 saturated carbocycles. The fraction of sp³-hybridized carbons (Fsp3) is 0.632. The molecular formula is C19H31ClN2O2. The van der Waals surface area contributed by atoms with Gasteiger partial charge in [-0.3, -0.25) is 4.79 Å². The number of hydrogen-bond donors (Lipinski definition) is 2. The smallest absolute Gasteiger partial charge is 0.220 e. The molecule has 0 aliphatic carbocycles. The van der Waals surface area contributed by atoms with E-state index in [-0.39, 0.29) is 18.3 Å². The first-order valence-corrected chi connectivity index (χ1v) is 8.73. The minimum Gasteiger partial charge on any atom is -0.492 e. The van der Waals surface area contributed by atoms with E-state index in [9.17, 15) is 4.79 Å². The lowest BCUT2D eigenvalue weighted by atomic mass is 9.85. The molecule has 0 radical (unpaired) electrons. The summed E-state index contributed by atoms with van der Waals surface area (Å²) < 4.78 is 5.71. The Morgan fingerprint density at radius 1 is 1.33 bits per heavy atom. The van der Waals surface area contributed by atoms with Crippen molar-refractivity contribution in [1.82, 2.24) is 10.6 Å². The highest BCUT2D eigenvalue weighted by Gasteiger charge is 2.21. The number of nitrogens with one attached hydrogen (secondary N) is 2. The van der Waals surface area contributed by atoms with Crippen molar-refractivity contribution in [3.63, 3.8) is 0 Å². The highest BCUT2D eigenvalue weighted by atomic mass is 35.5. The second-order valence-electron chi connectivity index (χ2n) is 6.81. The highest BCUT2D eigenvalue weighted by Crippen LogP contribution is 2.22. The van der Waals surface area contributed by atoms with E-state index in [4.69, 9.17) is 4.74 Å². The number of aryl methyl sites for hydroxylation is 2. The molecule has 1 aliphatic rings. The number of piperidine rings is 1. The average Bonchev–Trinajstić information content (AvgIpc) is 2.51. The summed E-state index contributed by atoms with van der Waals surface area (Å²) in [7, 11) is 0. The maximum absolute atomic E-state index is 12.0. The van der Waals surface area contributed by atoms with Crippen molar-refractivity contribution in [2.45, 2.75) is 40.0 Å². The molecule has 0 bridgehead atoms. The third-order valence-electron chi connectivity index (χ3n) is 4.54. The molecule has 4 nitrogen and oxygen atoms in total. The number of benzene rings is 1. The van der Waals surface area contributed by atoms with Crippen molar-refractivity contribution in [2.24, 2.45) is 11.8 Å². The zero-order valence-electron chi connectivity index (χ0n) is 15.1. The number of amides is 1.